The van der Waals surface area contributed by atoms with Gasteiger partial charge in [0.1, 0.15) is 0 Å². The van der Waals surface area contributed by atoms with Gasteiger partial charge in [-0.15, -0.1) is 0 Å². The van der Waals surface area contributed by atoms with Crippen LogP contribution in [0.25, 0.3) is 0 Å². The molecule has 2 rings (SSSR count). The molecule has 0 atom stereocenters. The molecule has 0 aliphatic rings. The number of halogens is 1. The molecule has 4 nitrogen and oxygen atoms in total. The minimum Gasteiger partial charge on any atom is -0.457 e. The van der Waals surface area contributed by atoms with E-state index in [0.29, 0.717) is 15.9 Å². The van der Waals surface area contributed by atoms with Gasteiger partial charge in [-0.25, -0.2) is 0 Å². The number of nitrogens with one attached hydrogen (secondary N) is 1. The predicted octanol–water partition coefficient (Wildman–Crippen LogP) is 3.00. The van der Waals surface area contributed by atoms with E-state index in [-0.39, 0.29) is 5.91 Å². The van der Waals surface area contributed by atoms with E-state index in [9.17, 15) is 4.79 Å². The predicted molar refractivity (Wildman–Crippen MR) is 63.3 cm³/mol. The van der Waals surface area contributed by atoms with Gasteiger partial charge >= 0.3 is 0 Å². The van der Waals surface area contributed by atoms with Crippen LogP contribution in [0.5, 0.6) is 0 Å². The minimum absolute atomic E-state index is 0.225. The first-order valence-corrected chi connectivity index (χ1v) is 5.43. The van der Waals surface area contributed by atoms with Crippen molar-refractivity contribution >= 4 is 27.5 Å². The Hall–Kier alpha value is -1.62. The maximum atomic E-state index is 11.8. The van der Waals surface area contributed by atoms with E-state index in [2.05, 4.69) is 26.2 Å². The van der Waals surface area contributed by atoms with Crippen LogP contribution >= 0.6 is 15.9 Å². The van der Waals surface area contributed by atoms with Crippen molar-refractivity contribution < 1.29 is 9.21 Å². The van der Waals surface area contributed by atoms with Crippen LogP contribution in [-0.2, 0) is 0 Å². The molecular weight excluding hydrogens is 272 g/mol. The second kappa shape index (κ2) is 4.49. The van der Waals surface area contributed by atoms with Crippen molar-refractivity contribution in [1.29, 1.82) is 0 Å². The maximum absolute atomic E-state index is 11.8. The molecular formula is C11H9BrN2O2. The van der Waals surface area contributed by atoms with Gasteiger partial charge in [0.25, 0.3) is 5.91 Å². The fourth-order valence-corrected chi connectivity index (χ4v) is 1.66. The number of rotatable bonds is 2. The SMILES string of the molecule is Cc1ccncc1NC(=O)c1ccoc1Br. The number of aryl methyl sites for hydroxylation is 1. The number of aromatic nitrogens is 1. The van der Waals surface area contributed by atoms with Gasteiger partial charge in [0.15, 0.2) is 4.67 Å². The van der Waals surface area contributed by atoms with E-state index < -0.39 is 0 Å². The number of anilines is 1. The van der Waals surface area contributed by atoms with Crippen LogP contribution < -0.4 is 5.32 Å². The van der Waals surface area contributed by atoms with Crippen molar-refractivity contribution in [3.63, 3.8) is 0 Å². The Morgan fingerprint density at radius 3 is 2.94 bits per heavy atom. The smallest absolute Gasteiger partial charge is 0.260 e. The number of hydrogen-bond donors (Lipinski definition) is 1. The number of carbonyl (C=O) groups is 1. The zero-order valence-electron chi connectivity index (χ0n) is 8.53. The molecule has 0 spiro atoms. The van der Waals surface area contributed by atoms with E-state index >= 15 is 0 Å². The van der Waals surface area contributed by atoms with Crippen molar-refractivity contribution in [3.8, 4) is 0 Å². The third-order valence-electron chi connectivity index (χ3n) is 2.15. The van der Waals surface area contributed by atoms with Crippen LogP contribution in [0.1, 0.15) is 15.9 Å². The van der Waals surface area contributed by atoms with Gasteiger partial charge in [-0.1, -0.05) is 0 Å². The zero-order valence-corrected chi connectivity index (χ0v) is 10.1. The topological polar surface area (TPSA) is 55.1 Å². The van der Waals surface area contributed by atoms with Crippen LogP contribution in [0.3, 0.4) is 0 Å². The Balaban J connectivity index is 2.21. The molecule has 82 valence electrons. The van der Waals surface area contributed by atoms with Crippen molar-refractivity contribution in [2.75, 3.05) is 5.32 Å². The van der Waals surface area contributed by atoms with Gasteiger partial charge in [-0.05, 0) is 40.5 Å². The van der Waals surface area contributed by atoms with Crippen molar-refractivity contribution in [2.24, 2.45) is 0 Å². The van der Waals surface area contributed by atoms with Gasteiger partial charge in [0.2, 0.25) is 0 Å². The van der Waals surface area contributed by atoms with Crippen molar-refractivity contribution in [2.45, 2.75) is 6.92 Å². The Kier molecular flexibility index (Phi) is 3.05. The fourth-order valence-electron chi connectivity index (χ4n) is 1.24. The summed E-state index contributed by atoms with van der Waals surface area (Å²) in [6, 6.07) is 3.44. The highest BCUT2D eigenvalue weighted by Gasteiger charge is 2.13. The van der Waals surface area contributed by atoms with Crippen LogP contribution in [-0.4, -0.2) is 10.9 Å². The molecule has 0 aliphatic carbocycles. The first kappa shape index (κ1) is 10.9. The van der Waals surface area contributed by atoms with Crippen LogP contribution in [0, 0.1) is 6.92 Å². The van der Waals surface area contributed by atoms with Gasteiger partial charge in [0.05, 0.1) is 23.7 Å². The van der Waals surface area contributed by atoms with Gasteiger partial charge in [0, 0.05) is 6.20 Å². The number of carbonyl (C=O) groups excluding carboxylic acids is 1. The van der Waals surface area contributed by atoms with E-state index in [0.717, 1.165) is 5.56 Å². The third-order valence-corrected chi connectivity index (χ3v) is 2.76. The highest BCUT2D eigenvalue weighted by atomic mass is 79.9. The molecule has 2 aromatic heterocycles. The minimum atomic E-state index is -0.225. The summed E-state index contributed by atoms with van der Waals surface area (Å²) < 4.78 is 5.42. The van der Waals surface area contributed by atoms with Crippen LogP contribution in [0.4, 0.5) is 5.69 Å². The molecule has 5 heteroatoms. The summed E-state index contributed by atoms with van der Waals surface area (Å²) in [6.45, 7) is 1.90. The lowest BCUT2D eigenvalue weighted by molar-refractivity contribution is 0.102. The summed E-state index contributed by atoms with van der Waals surface area (Å²) in [5.74, 6) is -0.225. The molecule has 2 heterocycles. The number of pyridine rings is 1. The fraction of sp³-hybridized carbons (Fsp3) is 0.0909. The highest BCUT2D eigenvalue weighted by Crippen LogP contribution is 2.20. The summed E-state index contributed by atoms with van der Waals surface area (Å²) in [7, 11) is 0. The number of hydrogen-bond acceptors (Lipinski definition) is 3. The highest BCUT2D eigenvalue weighted by molar-refractivity contribution is 9.10. The lowest BCUT2D eigenvalue weighted by Gasteiger charge is -2.05. The lowest BCUT2D eigenvalue weighted by Crippen LogP contribution is -2.12. The number of nitrogens with zero attached hydrogens (tertiary/aromatic N) is 1. The largest absolute Gasteiger partial charge is 0.457 e. The normalized spacial score (nSPS) is 10.1. The molecule has 0 fully saturated rings. The van der Waals surface area contributed by atoms with Gasteiger partial charge in [-0.3, -0.25) is 9.78 Å². The molecule has 0 aliphatic heterocycles. The Labute approximate surface area is 101 Å². The van der Waals surface area contributed by atoms with E-state index in [1.807, 2.05) is 13.0 Å². The monoisotopic (exact) mass is 280 g/mol. The van der Waals surface area contributed by atoms with Crippen LogP contribution in [0.15, 0.2) is 39.9 Å². The Morgan fingerprint density at radius 2 is 2.31 bits per heavy atom. The molecule has 0 bridgehead atoms. The summed E-state index contributed by atoms with van der Waals surface area (Å²) in [5, 5.41) is 2.76. The summed E-state index contributed by atoms with van der Waals surface area (Å²) in [4.78, 5) is 15.8. The van der Waals surface area contributed by atoms with Crippen LogP contribution in [0.2, 0.25) is 0 Å². The summed E-state index contributed by atoms with van der Waals surface area (Å²) in [6.07, 6.45) is 4.75. The summed E-state index contributed by atoms with van der Waals surface area (Å²) in [5.41, 5.74) is 2.12. The van der Waals surface area contributed by atoms with E-state index in [4.69, 9.17) is 4.42 Å². The Morgan fingerprint density at radius 1 is 1.50 bits per heavy atom. The quantitative estimate of drug-likeness (QED) is 0.920. The number of furan rings is 1. The van der Waals surface area contributed by atoms with Gasteiger partial charge in [-0.2, -0.15) is 0 Å². The third kappa shape index (κ3) is 2.14. The Bertz CT molecular complexity index is 522. The molecule has 0 aromatic carbocycles. The molecule has 1 amide bonds. The first-order valence-electron chi connectivity index (χ1n) is 4.63. The molecule has 2 aromatic rings. The zero-order chi connectivity index (χ0) is 11.5. The van der Waals surface area contributed by atoms with E-state index in [1.165, 1.54) is 6.26 Å². The van der Waals surface area contributed by atoms with Gasteiger partial charge < -0.3 is 9.73 Å². The van der Waals surface area contributed by atoms with Crippen molar-refractivity contribution in [1.82, 2.24) is 4.98 Å². The van der Waals surface area contributed by atoms with Crippen molar-refractivity contribution in [3.05, 3.63) is 46.6 Å². The first-order chi connectivity index (χ1) is 7.68. The molecule has 0 radical (unpaired) electrons. The average Bonchev–Trinajstić information content (AvgIpc) is 2.68. The second-order valence-corrected chi connectivity index (χ2v) is 3.97. The molecule has 0 saturated carbocycles. The standard InChI is InChI=1S/C11H9BrN2O2/c1-7-2-4-13-6-9(7)14-11(15)8-3-5-16-10(8)12/h2-6H,1H3,(H,14,15). The van der Waals surface area contributed by atoms with E-state index in [1.54, 1.807) is 18.5 Å². The molecule has 1 N–H and O–H groups in total. The molecule has 16 heavy (non-hydrogen) atoms. The molecule has 0 unspecified atom stereocenters. The average molecular weight is 281 g/mol. The summed E-state index contributed by atoms with van der Waals surface area (Å²) >= 11 is 3.16. The second-order valence-electron chi connectivity index (χ2n) is 3.25. The molecule has 0 saturated heterocycles. The lowest BCUT2D eigenvalue weighted by atomic mass is 10.2. The number of amides is 1. The maximum Gasteiger partial charge on any atom is 0.260 e.